The zero-order chi connectivity index (χ0) is 26.0. The Morgan fingerprint density at radius 1 is 1.00 bits per heavy atom. The van der Waals surface area contributed by atoms with Gasteiger partial charge in [0.15, 0.2) is 11.6 Å². The highest BCUT2D eigenvalue weighted by Gasteiger charge is 2.44. The SMILES string of the molecule is [C-]#[N+]C1(c2ccccc2)CCC(NC2CCN(C(=O)N3C(=O)OC[C@@H]3c3ccc(F)c(F)c3)CC2)CC1. The fourth-order valence-corrected chi connectivity index (χ4v) is 5.80. The molecular formula is C28H30F2N4O3. The summed E-state index contributed by atoms with van der Waals surface area (Å²) in [6, 6.07) is 12.7. The summed E-state index contributed by atoms with van der Waals surface area (Å²) in [5.74, 6) is -2.02. The molecule has 2 saturated heterocycles. The van der Waals surface area contributed by atoms with E-state index >= 15 is 0 Å². The molecule has 2 aliphatic heterocycles. The van der Waals surface area contributed by atoms with Crippen molar-refractivity contribution < 1.29 is 23.1 Å². The van der Waals surface area contributed by atoms with Crippen LogP contribution in [0.2, 0.25) is 0 Å². The van der Waals surface area contributed by atoms with Crippen LogP contribution in [-0.4, -0.2) is 53.7 Å². The number of benzene rings is 2. The first kappa shape index (κ1) is 25.2. The molecule has 0 aromatic heterocycles. The maximum atomic E-state index is 13.8. The Hall–Kier alpha value is -3.51. The van der Waals surface area contributed by atoms with Gasteiger partial charge in [-0.25, -0.2) is 29.8 Å². The number of imide groups is 1. The number of piperidine rings is 1. The van der Waals surface area contributed by atoms with E-state index < -0.39 is 35.3 Å². The molecule has 37 heavy (non-hydrogen) atoms. The minimum absolute atomic E-state index is 0.0928. The van der Waals surface area contributed by atoms with E-state index in [4.69, 9.17) is 11.3 Å². The van der Waals surface area contributed by atoms with Crippen LogP contribution in [0.15, 0.2) is 48.5 Å². The van der Waals surface area contributed by atoms with Crippen molar-refractivity contribution in [2.24, 2.45) is 0 Å². The first-order valence-electron chi connectivity index (χ1n) is 12.8. The molecule has 0 radical (unpaired) electrons. The molecule has 1 N–H and O–H groups in total. The molecule has 2 aromatic carbocycles. The summed E-state index contributed by atoms with van der Waals surface area (Å²) in [4.78, 5) is 32.2. The standard InChI is InChI=1S/C28H30F2N4O3/c1-31-28(20-5-3-2-4-6-20)13-9-21(10-14-28)32-22-11-15-33(16-12-22)26(35)34-25(18-37-27(34)36)19-7-8-23(29)24(30)17-19/h2-8,17,21-22,25,32H,9-16,18H2/t21?,25-,28?/m1/s1. The fraction of sp³-hybridized carbons (Fsp3) is 0.464. The summed E-state index contributed by atoms with van der Waals surface area (Å²) < 4.78 is 32.2. The van der Waals surface area contributed by atoms with Crippen LogP contribution >= 0.6 is 0 Å². The summed E-state index contributed by atoms with van der Waals surface area (Å²) in [6.45, 7) is 8.70. The number of hydrogen-bond acceptors (Lipinski definition) is 4. The van der Waals surface area contributed by atoms with Crippen molar-refractivity contribution >= 4 is 12.1 Å². The summed E-state index contributed by atoms with van der Waals surface area (Å²) in [5, 5.41) is 3.73. The predicted octanol–water partition coefficient (Wildman–Crippen LogP) is 5.39. The number of rotatable bonds is 4. The molecule has 0 spiro atoms. The molecule has 194 valence electrons. The lowest BCUT2D eigenvalue weighted by Crippen LogP contribution is -2.52. The van der Waals surface area contributed by atoms with Gasteiger partial charge in [0.25, 0.3) is 5.54 Å². The van der Waals surface area contributed by atoms with Crippen LogP contribution in [-0.2, 0) is 10.3 Å². The Bertz CT molecular complexity index is 1190. The van der Waals surface area contributed by atoms with Crippen molar-refractivity contribution in [3.8, 4) is 0 Å². The number of hydrogen-bond donors (Lipinski definition) is 1. The van der Waals surface area contributed by atoms with Crippen LogP contribution < -0.4 is 5.32 Å². The molecule has 9 heteroatoms. The van der Waals surface area contributed by atoms with Gasteiger partial charge in [-0.2, -0.15) is 0 Å². The number of likely N-dealkylation sites (tertiary alicyclic amines) is 1. The molecule has 3 aliphatic rings. The second-order valence-electron chi connectivity index (χ2n) is 10.1. The Labute approximate surface area is 215 Å². The lowest BCUT2D eigenvalue weighted by atomic mass is 9.75. The van der Waals surface area contributed by atoms with Crippen LogP contribution in [0, 0.1) is 18.2 Å². The van der Waals surface area contributed by atoms with Crippen molar-refractivity contribution in [2.75, 3.05) is 19.7 Å². The zero-order valence-corrected chi connectivity index (χ0v) is 20.5. The van der Waals surface area contributed by atoms with Crippen molar-refractivity contribution in [3.05, 3.63) is 82.7 Å². The maximum Gasteiger partial charge on any atom is 0.418 e. The molecule has 3 amide bonds. The first-order chi connectivity index (χ1) is 17.9. The van der Waals surface area contributed by atoms with Gasteiger partial charge in [-0.15, -0.1) is 0 Å². The van der Waals surface area contributed by atoms with Crippen LogP contribution in [0.25, 0.3) is 4.85 Å². The third kappa shape index (κ3) is 5.03. The number of amides is 3. The van der Waals surface area contributed by atoms with E-state index in [1.54, 1.807) is 4.90 Å². The second-order valence-corrected chi connectivity index (χ2v) is 10.1. The minimum Gasteiger partial charge on any atom is -0.446 e. The lowest BCUT2D eigenvalue weighted by molar-refractivity contribution is 0.128. The summed E-state index contributed by atoms with van der Waals surface area (Å²) in [6.07, 6.45) is 4.19. The molecule has 1 atom stereocenters. The Morgan fingerprint density at radius 2 is 1.68 bits per heavy atom. The van der Waals surface area contributed by atoms with E-state index in [9.17, 15) is 18.4 Å². The molecule has 0 bridgehead atoms. The average Bonchev–Trinajstić information content (AvgIpc) is 3.32. The highest BCUT2D eigenvalue weighted by Crippen LogP contribution is 2.41. The molecule has 2 aromatic rings. The van der Waals surface area contributed by atoms with Crippen LogP contribution in [0.5, 0.6) is 0 Å². The summed E-state index contributed by atoms with van der Waals surface area (Å²) >= 11 is 0. The van der Waals surface area contributed by atoms with Gasteiger partial charge in [0.2, 0.25) is 0 Å². The second kappa shape index (κ2) is 10.5. The van der Waals surface area contributed by atoms with Gasteiger partial charge in [0, 0.05) is 43.6 Å². The van der Waals surface area contributed by atoms with E-state index in [0.717, 1.165) is 61.1 Å². The number of cyclic esters (lactones) is 1. The molecular weight excluding hydrogens is 478 g/mol. The predicted molar refractivity (Wildman–Crippen MR) is 132 cm³/mol. The fourth-order valence-electron chi connectivity index (χ4n) is 5.80. The maximum absolute atomic E-state index is 13.8. The Balaban J connectivity index is 1.15. The van der Waals surface area contributed by atoms with E-state index in [0.29, 0.717) is 24.7 Å². The van der Waals surface area contributed by atoms with Crippen LogP contribution in [0.4, 0.5) is 18.4 Å². The number of carbonyl (C=O) groups is 2. The number of ether oxygens (including phenoxy) is 1. The largest absolute Gasteiger partial charge is 0.446 e. The molecule has 3 fully saturated rings. The molecule has 7 nitrogen and oxygen atoms in total. The highest BCUT2D eigenvalue weighted by atomic mass is 19.2. The monoisotopic (exact) mass is 508 g/mol. The lowest BCUT2D eigenvalue weighted by Gasteiger charge is -2.38. The highest BCUT2D eigenvalue weighted by molar-refractivity contribution is 5.92. The zero-order valence-electron chi connectivity index (χ0n) is 20.5. The molecule has 5 rings (SSSR count). The van der Waals surface area contributed by atoms with Crippen molar-refractivity contribution in [1.82, 2.24) is 15.1 Å². The van der Waals surface area contributed by atoms with Crippen molar-refractivity contribution in [3.63, 3.8) is 0 Å². The van der Waals surface area contributed by atoms with E-state index in [-0.39, 0.29) is 12.6 Å². The smallest absolute Gasteiger partial charge is 0.418 e. The molecule has 1 aliphatic carbocycles. The number of halogens is 2. The first-order valence-corrected chi connectivity index (χ1v) is 12.8. The van der Waals surface area contributed by atoms with E-state index in [2.05, 4.69) is 10.2 Å². The third-order valence-corrected chi connectivity index (χ3v) is 7.98. The Kier molecular flexibility index (Phi) is 7.11. The van der Waals surface area contributed by atoms with Gasteiger partial charge in [0.05, 0.1) is 0 Å². The molecule has 0 unspecified atom stereocenters. The average molecular weight is 509 g/mol. The van der Waals surface area contributed by atoms with Crippen LogP contribution in [0.1, 0.15) is 55.7 Å². The van der Waals surface area contributed by atoms with Gasteiger partial charge < -0.3 is 19.8 Å². The van der Waals surface area contributed by atoms with E-state index in [1.165, 1.54) is 6.07 Å². The van der Waals surface area contributed by atoms with E-state index in [1.807, 2.05) is 30.3 Å². The van der Waals surface area contributed by atoms with Crippen molar-refractivity contribution in [1.29, 1.82) is 0 Å². The van der Waals surface area contributed by atoms with Crippen LogP contribution in [0.3, 0.4) is 0 Å². The normalized spacial score (nSPS) is 26.6. The van der Waals surface area contributed by atoms with Gasteiger partial charge >= 0.3 is 12.1 Å². The van der Waals surface area contributed by atoms with Gasteiger partial charge in [-0.1, -0.05) is 36.4 Å². The van der Waals surface area contributed by atoms with Gasteiger partial charge in [-0.05, 0) is 43.4 Å². The van der Waals surface area contributed by atoms with Gasteiger partial charge in [0.1, 0.15) is 12.6 Å². The number of urea groups is 1. The van der Waals surface area contributed by atoms with Crippen molar-refractivity contribution in [2.45, 2.75) is 62.2 Å². The summed E-state index contributed by atoms with van der Waals surface area (Å²) in [7, 11) is 0. The minimum atomic E-state index is -1.03. The number of nitrogens with zero attached hydrogens (tertiary/aromatic N) is 3. The molecule has 2 heterocycles. The third-order valence-electron chi connectivity index (χ3n) is 7.98. The number of nitrogens with one attached hydrogen (secondary N) is 1. The topological polar surface area (TPSA) is 66.2 Å². The van der Waals surface area contributed by atoms with Gasteiger partial charge in [-0.3, -0.25) is 0 Å². The Morgan fingerprint density at radius 3 is 2.32 bits per heavy atom. The quantitative estimate of drug-likeness (QED) is 0.563. The summed E-state index contributed by atoms with van der Waals surface area (Å²) in [5.41, 5.74) is 0.971. The number of carbonyl (C=O) groups excluding carboxylic acids is 2. The molecule has 1 saturated carbocycles.